The summed E-state index contributed by atoms with van der Waals surface area (Å²) in [5, 5.41) is 6.71. The van der Waals surface area contributed by atoms with Gasteiger partial charge in [-0.1, -0.05) is 36.8 Å². The van der Waals surface area contributed by atoms with Gasteiger partial charge in [-0.25, -0.2) is 4.98 Å². The summed E-state index contributed by atoms with van der Waals surface area (Å²) in [5.74, 6) is -0.181. The first-order chi connectivity index (χ1) is 15.6. The Balaban J connectivity index is 1.50. The summed E-state index contributed by atoms with van der Waals surface area (Å²) in [5.41, 5.74) is 3.78. The zero-order chi connectivity index (χ0) is 22.3. The van der Waals surface area contributed by atoms with E-state index < -0.39 is 0 Å². The Labute approximate surface area is 189 Å². The Morgan fingerprint density at radius 2 is 1.75 bits per heavy atom. The van der Waals surface area contributed by atoms with Gasteiger partial charge < -0.3 is 15.5 Å². The number of para-hydroxylation sites is 1. The van der Waals surface area contributed by atoms with Crippen LogP contribution in [0.3, 0.4) is 0 Å². The monoisotopic (exact) mass is 430 g/mol. The third-order valence-corrected chi connectivity index (χ3v) is 5.85. The van der Waals surface area contributed by atoms with Crippen LogP contribution in [0.2, 0.25) is 0 Å². The molecule has 6 heteroatoms. The molecule has 2 N–H and O–H groups in total. The van der Waals surface area contributed by atoms with Crippen LogP contribution in [0.1, 0.15) is 43.0 Å². The molecular formula is C26H30N4O2. The van der Waals surface area contributed by atoms with Gasteiger partial charge in [-0.05, 0) is 63.2 Å². The highest BCUT2D eigenvalue weighted by atomic mass is 16.2. The van der Waals surface area contributed by atoms with E-state index >= 15 is 0 Å². The predicted octanol–water partition coefficient (Wildman–Crippen LogP) is 4.47. The highest BCUT2D eigenvalue weighted by molar-refractivity contribution is 6.07. The molecule has 0 unspecified atom stereocenters. The highest BCUT2D eigenvalue weighted by Crippen LogP contribution is 2.26. The number of fused-ring (bicyclic) bond motifs is 1. The van der Waals surface area contributed by atoms with Gasteiger partial charge in [0.25, 0.3) is 5.91 Å². The molecule has 4 rings (SSSR count). The average Bonchev–Trinajstić information content (AvgIpc) is 2.82. The van der Waals surface area contributed by atoms with Crippen LogP contribution in [-0.4, -0.2) is 47.9 Å². The lowest BCUT2D eigenvalue weighted by atomic mass is 10.0. The molecule has 3 aromatic rings. The number of aromatic nitrogens is 1. The summed E-state index contributed by atoms with van der Waals surface area (Å²) in [6.45, 7) is 5.52. The molecule has 0 radical (unpaired) electrons. The molecule has 1 saturated heterocycles. The molecule has 0 spiro atoms. The zero-order valence-electron chi connectivity index (χ0n) is 18.6. The number of carbonyl (C=O) groups excluding carboxylic acids is 2. The van der Waals surface area contributed by atoms with Crippen LogP contribution in [0.5, 0.6) is 0 Å². The van der Waals surface area contributed by atoms with Crippen LogP contribution in [-0.2, 0) is 4.79 Å². The van der Waals surface area contributed by atoms with Crippen molar-refractivity contribution in [3.63, 3.8) is 0 Å². The zero-order valence-corrected chi connectivity index (χ0v) is 18.6. The molecule has 2 aromatic carbocycles. The first-order valence-electron chi connectivity index (χ1n) is 11.4. The van der Waals surface area contributed by atoms with Crippen molar-refractivity contribution in [3.8, 4) is 11.3 Å². The molecule has 1 aliphatic heterocycles. The summed E-state index contributed by atoms with van der Waals surface area (Å²) in [6, 6.07) is 17.1. The van der Waals surface area contributed by atoms with E-state index in [2.05, 4.69) is 15.5 Å². The second-order valence-corrected chi connectivity index (χ2v) is 8.34. The van der Waals surface area contributed by atoms with E-state index in [9.17, 15) is 9.59 Å². The van der Waals surface area contributed by atoms with Crippen LogP contribution in [0.15, 0.2) is 54.6 Å². The molecule has 0 atom stereocenters. The average molecular weight is 431 g/mol. The van der Waals surface area contributed by atoms with Gasteiger partial charge in [0, 0.05) is 30.1 Å². The van der Waals surface area contributed by atoms with Crippen molar-refractivity contribution < 1.29 is 9.59 Å². The van der Waals surface area contributed by atoms with Gasteiger partial charge >= 0.3 is 0 Å². The molecule has 0 aliphatic carbocycles. The van der Waals surface area contributed by atoms with Gasteiger partial charge in [-0.15, -0.1) is 0 Å². The van der Waals surface area contributed by atoms with Crippen molar-refractivity contribution in [3.05, 3.63) is 60.2 Å². The van der Waals surface area contributed by atoms with Crippen LogP contribution in [0, 0.1) is 0 Å². The number of hydrogen-bond acceptors (Lipinski definition) is 4. The lowest BCUT2D eigenvalue weighted by molar-refractivity contribution is -0.114. The normalized spacial score (nSPS) is 14.3. The molecule has 1 fully saturated rings. The lowest BCUT2D eigenvalue weighted by Crippen LogP contribution is -2.33. The molecule has 0 bridgehead atoms. The fourth-order valence-electron chi connectivity index (χ4n) is 4.22. The third kappa shape index (κ3) is 5.51. The summed E-state index contributed by atoms with van der Waals surface area (Å²) in [6.07, 6.45) is 4.85. The van der Waals surface area contributed by atoms with Crippen molar-refractivity contribution in [1.82, 2.24) is 15.2 Å². The van der Waals surface area contributed by atoms with Gasteiger partial charge in [0.15, 0.2) is 0 Å². The van der Waals surface area contributed by atoms with E-state index in [0.29, 0.717) is 12.1 Å². The molecule has 2 amide bonds. The fourth-order valence-corrected chi connectivity index (χ4v) is 4.22. The third-order valence-electron chi connectivity index (χ3n) is 5.85. The molecule has 2 heterocycles. The second-order valence-electron chi connectivity index (χ2n) is 8.34. The minimum Gasteiger partial charge on any atom is -0.352 e. The Kier molecular flexibility index (Phi) is 7.12. The number of nitrogens with zero attached hydrogens (tertiary/aromatic N) is 2. The number of benzene rings is 2. The molecule has 166 valence electrons. The van der Waals surface area contributed by atoms with Crippen molar-refractivity contribution in [1.29, 1.82) is 0 Å². The fraction of sp³-hybridized carbons (Fsp3) is 0.346. The van der Waals surface area contributed by atoms with Gasteiger partial charge in [-0.2, -0.15) is 0 Å². The standard InChI is InChI=1S/C26H30N4O2/c1-19(31)28-21-12-10-20(11-13-21)25-18-23(22-8-3-4-9-24(22)29-25)26(32)27-14-7-17-30-15-5-2-6-16-30/h3-4,8-13,18H,2,5-7,14-17H2,1H3,(H,27,32)(H,28,31). The molecule has 6 nitrogen and oxygen atoms in total. The number of nitrogens with one attached hydrogen (secondary N) is 2. The van der Waals surface area contributed by atoms with Gasteiger partial charge in [0.05, 0.1) is 16.8 Å². The SMILES string of the molecule is CC(=O)Nc1ccc(-c2cc(C(=O)NCCCN3CCCCC3)c3ccccc3n2)cc1. The number of rotatable bonds is 7. The van der Waals surface area contributed by atoms with Crippen LogP contribution >= 0.6 is 0 Å². The number of piperidine rings is 1. The Bertz CT molecular complexity index is 1090. The van der Waals surface area contributed by atoms with Gasteiger partial charge in [0.1, 0.15) is 0 Å². The van der Waals surface area contributed by atoms with Crippen molar-refractivity contribution >= 4 is 28.4 Å². The minimum absolute atomic E-state index is 0.0710. The van der Waals surface area contributed by atoms with E-state index in [1.807, 2.05) is 54.6 Å². The second kappa shape index (κ2) is 10.4. The lowest BCUT2D eigenvalue weighted by Gasteiger charge is -2.26. The largest absolute Gasteiger partial charge is 0.352 e. The van der Waals surface area contributed by atoms with Crippen LogP contribution in [0.4, 0.5) is 5.69 Å². The molecule has 0 saturated carbocycles. The highest BCUT2D eigenvalue weighted by Gasteiger charge is 2.14. The first kappa shape index (κ1) is 22.0. The first-order valence-corrected chi connectivity index (χ1v) is 11.4. The molecule has 1 aromatic heterocycles. The van der Waals surface area contributed by atoms with E-state index in [-0.39, 0.29) is 11.8 Å². The summed E-state index contributed by atoms with van der Waals surface area (Å²) in [7, 11) is 0. The summed E-state index contributed by atoms with van der Waals surface area (Å²) in [4.78, 5) is 31.6. The molecule has 32 heavy (non-hydrogen) atoms. The van der Waals surface area contributed by atoms with Gasteiger partial charge in [-0.3, -0.25) is 9.59 Å². The number of carbonyl (C=O) groups is 2. The smallest absolute Gasteiger partial charge is 0.252 e. The van der Waals surface area contributed by atoms with E-state index in [1.165, 1.54) is 39.3 Å². The maximum absolute atomic E-state index is 13.1. The maximum Gasteiger partial charge on any atom is 0.252 e. The minimum atomic E-state index is -0.110. The van der Waals surface area contributed by atoms with E-state index in [1.54, 1.807) is 0 Å². The Morgan fingerprint density at radius 3 is 2.50 bits per heavy atom. The van der Waals surface area contributed by atoms with Crippen molar-refractivity contribution in [2.45, 2.75) is 32.6 Å². The van der Waals surface area contributed by atoms with E-state index in [0.717, 1.165) is 40.8 Å². The summed E-state index contributed by atoms with van der Waals surface area (Å²) < 4.78 is 0. The van der Waals surface area contributed by atoms with Crippen molar-refractivity contribution in [2.75, 3.05) is 31.5 Å². The number of likely N-dealkylation sites (tertiary alicyclic amines) is 1. The predicted molar refractivity (Wildman–Crippen MR) is 129 cm³/mol. The Morgan fingerprint density at radius 1 is 1.00 bits per heavy atom. The molecule has 1 aliphatic rings. The number of hydrogen-bond donors (Lipinski definition) is 2. The quantitative estimate of drug-likeness (QED) is 0.543. The van der Waals surface area contributed by atoms with E-state index in [4.69, 9.17) is 4.98 Å². The number of pyridine rings is 1. The van der Waals surface area contributed by atoms with Gasteiger partial charge in [0.2, 0.25) is 5.91 Å². The summed E-state index contributed by atoms with van der Waals surface area (Å²) >= 11 is 0. The van der Waals surface area contributed by atoms with Crippen molar-refractivity contribution in [2.24, 2.45) is 0 Å². The van der Waals surface area contributed by atoms with Crippen LogP contribution < -0.4 is 10.6 Å². The Hall–Kier alpha value is -3.25. The maximum atomic E-state index is 13.1. The molecular weight excluding hydrogens is 400 g/mol. The van der Waals surface area contributed by atoms with Crippen LogP contribution in [0.25, 0.3) is 22.2 Å². The topological polar surface area (TPSA) is 74.3 Å². The number of amides is 2. The number of anilines is 1.